The average Bonchev–Trinajstić information content (AvgIpc) is 2.39. The molecule has 0 aromatic heterocycles. The summed E-state index contributed by atoms with van der Waals surface area (Å²) in [5.41, 5.74) is 1.57. The van der Waals surface area contributed by atoms with E-state index in [0.29, 0.717) is 10.9 Å². The first kappa shape index (κ1) is 16.4. The molecule has 0 saturated carbocycles. The Balaban J connectivity index is 2.31. The minimum atomic E-state index is -0.153. The van der Waals surface area contributed by atoms with Crippen LogP contribution in [-0.4, -0.2) is 11.1 Å². The van der Waals surface area contributed by atoms with Crippen LogP contribution < -0.4 is 5.32 Å². The van der Waals surface area contributed by atoms with Crippen molar-refractivity contribution >= 4 is 17.4 Å². The molecule has 1 atom stereocenters. The lowest BCUT2D eigenvalue weighted by Crippen LogP contribution is -2.07. The van der Waals surface area contributed by atoms with Gasteiger partial charge in [0.05, 0.1) is 11.6 Å². The Labute approximate surface area is 121 Å². The van der Waals surface area contributed by atoms with Crippen LogP contribution >= 0.6 is 11.8 Å². The van der Waals surface area contributed by atoms with E-state index in [9.17, 15) is 4.39 Å². The standard InChI is InChI=1S/C16H26FNS/c1-4-6-7-8-14(5-2)19-12-18-16-10-9-13(3)11-15(16)17/h9-11,14,18H,4-8,12H2,1-3H3/t14-/m0/s1. The molecule has 0 aliphatic rings. The van der Waals surface area contributed by atoms with Crippen molar-refractivity contribution in [3.63, 3.8) is 0 Å². The van der Waals surface area contributed by atoms with Gasteiger partial charge in [0.25, 0.3) is 0 Å². The van der Waals surface area contributed by atoms with E-state index in [1.54, 1.807) is 6.07 Å². The number of benzene rings is 1. The topological polar surface area (TPSA) is 12.0 Å². The molecule has 0 amide bonds. The number of aryl methyl sites for hydroxylation is 1. The molecule has 0 bridgehead atoms. The third kappa shape index (κ3) is 6.33. The molecule has 1 aromatic carbocycles. The van der Waals surface area contributed by atoms with E-state index < -0.39 is 0 Å². The van der Waals surface area contributed by atoms with Crippen LogP contribution in [-0.2, 0) is 0 Å². The number of nitrogens with one attached hydrogen (secondary N) is 1. The summed E-state index contributed by atoms with van der Waals surface area (Å²) >= 11 is 1.90. The van der Waals surface area contributed by atoms with Crippen LogP contribution in [0.4, 0.5) is 10.1 Å². The highest BCUT2D eigenvalue weighted by molar-refractivity contribution is 7.99. The number of unbranched alkanes of at least 4 members (excludes halogenated alkanes) is 2. The van der Waals surface area contributed by atoms with Gasteiger partial charge in [0.15, 0.2) is 0 Å². The first-order chi connectivity index (χ1) is 9.17. The zero-order valence-corrected chi connectivity index (χ0v) is 13.2. The zero-order valence-electron chi connectivity index (χ0n) is 12.3. The summed E-state index contributed by atoms with van der Waals surface area (Å²) in [6.45, 7) is 6.37. The maximum absolute atomic E-state index is 13.6. The first-order valence-electron chi connectivity index (χ1n) is 7.29. The second kappa shape index (κ2) is 9.24. The van der Waals surface area contributed by atoms with Crippen LogP contribution in [0, 0.1) is 12.7 Å². The molecule has 0 radical (unpaired) electrons. The highest BCUT2D eigenvalue weighted by atomic mass is 32.2. The second-order valence-electron chi connectivity index (χ2n) is 5.00. The Morgan fingerprint density at radius 1 is 1.26 bits per heavy atom. The highest BCUT2D eigenvalue weighted by Gasteiger charge is 2.07. The molecule has 0 aliphatic heterocycles. The summed E-state index contributed by atoms with van der Waals surface area (Å²) < 4.78 is 13.6. The van der Waals surface area contributed by atoms with Crippen molar-refractivity contribution in [3.05, 3.63) is 29.6 Å². The summed E-state index contributed by atoms with van der Waals surface area (Å²) in [6.07, 6.45) is 6.35. The normalized spacial score (nSPS) is 12.4. The maximum Gasteiger partial charge on any atom is 0.146 e. The largest absolute Gasteiger partial charge is 0.374 e. The number of hydrogen-bond acceptors (Lipinski definition) is 2. The quantitative estimate of drug-likeness (QED) is 0.468. The predicted octanol–water partition coefficient (Wildman–Crippen LogP) is 5.60. The van der Waals surface area contributed by atoms with Crippen molar-refractivity contribution in [1.82, 2.24) is 0 Å². The molecule has 0 heterocycles. The van der Waals surface area contributed by atoms with E-state index in [-0.39, 0.29) is 5.82 Å². The van der Waals surface area contributed by atoms with Crippen LogP contribution in [0.3, 0.4) is 0 Å². The first-order valence-corrected chi connectivity index (χ1v) is 8.33. The van der Waals surface area contributed by atoms with Gasteiger partial charge < -0.3 is 5.32 Å². The Morgan fingerprint density at radius 2 is 2.05 bits per heavy atom. The smallest absolute Gasteiger partial charge is 0.146 e. The fraction of sp³-hybridized carbons (Fsp3) is 0.625. The predicted molar refractivity (Wildman–Crippen MR) is 85.4 cm³/mol. The van der Waals surface area contributed by atoms with Crippen molar-refractivity contribution in [2.75, 3.05) is 11.2 Å². The molecular formula is C16H26FNS. The molecule has 1 N–H and O–H groups in total. The number of hydrogen-bond donors (Lipinski definition) is 1. The molecule has 1 rings (SSSR count). The maximum atomic E-state index is 13.6. The van der Waals surface area contributed by atoms with Gasteiger partial charge in [-0.25, -0.2) is 4.39 Å². The van der Waals surface area contributed by atoms with Crippen molar-refractivity contribution < 1.29 is 4.39 Å². The number of rotatable bonds is 9. The number of anilines is 1. The zero-order chi connectivity index (χ0) is 14.1. The highest BCUT2D eigenvalue weighted by Crippen LogP contribution is 2.22. The van der Waals surface area contributed by atoms with Gasteiger partial charge in [0, 0.05) is 5.25 Å². The molecule has 0 fully saturated rings. The molecule has 108 valence electrons. The molecule has 1 nitrogen and oxygen atoms in total. The van der Waals surface area contributed by atoms with Gasteiger partial charge in [0.1, 0.15) is 5.82 Å². The van der Waals surface area contributed by atoms with Crippen molar-refractivity contribution in [2.45, 2.75) is 58.1 Å². The monoisotopic (exact) mass is 283 g/mol. The van der Waals surface area contributed by atoms with Crippen LogP contribution in [0.1, 0.15) is 51.5 Å². The minimum Gasteiger partial charge on any atom is -0.374 e. The fourth-order valence-electron chi connectivity index (χ4n) is 2.03. The van der Waals surface area contributed by atoms with Gasteiger partial charge >= 0.3 is 0 Å². The van der Waals surface area contributed by atoms with Crippen LogP contribution in [0.2, 0.25) is 0 Å². The lowest BCUT2D eigenvalue weighted by Gasteiger charge is -2.15. The SMILES string of the molecule is CCCCC[C@H](CC)SCNc1ccc(C)cc1F. The molecular weight excluding hydrogens is 257 g/mol. The molecule has 0 unspecified atom stereocenters. The van der Waals surface area contributed by atoms with E-state index in [2.05, 4.69) is 19.2 Å². The Hall–Kier alpha value is -0.700. The Kier molecular flexibility index (Phi) is 7.96. The molecule has 19 heavy (non-hydrogen) atoms. The van der Waals surface area contributed by atoms with Gasteiger partial charge in [-0.2, -0.15) is 0 Å². The van der Waals surface area contributed by atoms with E-state index >= 15 is 0 Å². The molecule has 0 aliphatic carbocycles. The van der Waals surface area contributed by atoms with Gasteiger partial charge in [-0.3, -0.25) is 0 Å². The average molecular weight is 283 g/mol. The summed E-state index contributed by atoms with van der Waals surface area (Å²) in [5.74, 6) is 0.629. The van der Waals surface area contributed by atoms with E-state index in [4.69, 9.17) is 0 Å². The fourth-order valence-corrected chi connectivity index (χ4v) is 3.07. The molecule has 3 heteroatoms. The summed E-state index contributed by atoms with van der Waals surface area (Å²) in [7, 11) is 0. The minimum absolute atomic E-state index is 0.153. The summed E-state index contributed by atoms with van der Waals surface area (Å²) in [5, 5.41) is 3.87. The third-order valence-corrected chi connectivity index (χ3v) is 4.64. The lowest BCUT2D eigenvalue weighted by molar-refractivity contribution is 0.629. The van der Waals surface area contributed by atoms with Crippen LogP contribution in [0.15, 0.2) is 18.2 Å². The van der Waals surface area contributed by atoms with Gasteiger partial charge in [-0.1, -0.05) is 39.2 Å². The van der Waals surface area contributed by atoms with Gasteiger partial charge in [0.2, 0.25) is 0 Å². The second-order valence-corrected chi connectivity index (χ2v) is 6.29. The molecule has 0 spiro atoms. The van der Waals surface area contributed by atoms with Gasteiger partial charge in [-0.15, -0.1) is 11.8 Å². The molecule has 0 saturated heterocycles. The van der Waals surface area contributed by atoms with Crippen molar-refractivity contribution in [2.24, 2.45) is 0 Å². The Bertz CT molecular complexity index is 368. The molecule has 1 aromatic rings. The number of halogens is 1. The Morgan fingerprint density at radius 3 is 2.68 bits per heavy atom. The van der Waals surface area contributed by atoms with Gasteiger partial charge in [-0.05, 0) is 37.5 Å². The van der Waals surface area contributed by atoms with Crippen molar-refractivity contribution in [3.8, 4) is 0 Å². The van der Waals surface area contributed by atoms with Crippen LogP contribution in [0.25, 0.3) is 0 Å². The van der Waals surface area contributed by atoms with E-state index in [1.165, 1.54) is 32.1 Å². The third-order valence-electron chi connectivity index (χ3n) is 3.29. The van der Waals surface area contributed by atoms with Crippen molar-refractivity contribution in [1.29, 1.82) is 0 Å². The lowest BCUT2D eigenvalue weighted by atomic mass is 10.1. The van der Waals surface area contributed by atoms with Crippen LogP contribution in [0.5, 0.6) is 0 Å². The summed E-state index contributed by atoms with van der Waals surface area (Å²) in [4.78, 5) is 0. The number of thioether (sulfide) groups is 1. The van der Waals surface area contributed by atoms with E-state index in [1.807, 2.05) is 30.8 Å². The summed E-state index contributed by atoms with van der Waals surface area (Å²) in [6, 6.07) is 5.34. The van der Waals surface area contributed by atoms with E-state index in [0.717, 1.165) is 11.4 Å².